The lowest BCUT2D eigenvalue weighted by Gasteiger charge is -2.36. The average molecular weight is 567 g/mol. The number of carbonyl (C=O) groups excluding carboxylic acids is 3. The van der Waals surface area contributed by atoms with Gasteiger partial charge in [0, 0.05) is 19.6 Å². The number of aromatic hydroxyl groups is 1. The molecule has 2 aliphatic rings. The molecule has 2 aliphatic carbocycles. The van der Waals surface area contributed by atoms with E-state index >= 15 is 0 Å². The molecule has 3 rings (SSSR count). The highest BCUT2D eigenvalue weighted by Crippen LogP contribution is 2.41. The first-order chi connectivity index (χ1) is 19.5. The molecule has 0 aliphatic heterocycles. The van der Waals surface area contributed by atoms with Crippen LogP contribution in [0.2, 0.25) is 0 Å². The molecule has 0 saturated heterocycles. The number of hydrogen-bond donors (Lipinski definition) is 5. The molecule has 0 unspecified atom stereocenters. The topological polar surface area (TPSA) is 161 Å². The standard InChI is InChI=1S/C32H42N2O7/c1-34(2)19-21-7-5-3-4-6-8-23(10-9-21)25-11-12-27(37)31-26(25)16-22(17-28(31)38)15-24(13-14-35)32(41,20-36)29(39)18-30(33)40/h3-6,9-12,22,24,35-37,41H,7-8,13-20H2,1-2H3,(H2,33,40)/t22-,24-,32-/m1/s1. The number of ketones is 2. The molecule has 9 nitrogen and oxygen atoms in total. The van der Waals surface area contributed by atoms with Gasteiger partial charge in [0.25, 0.3) is 0 Å². The number of phenolic OH excluding ortho intramolecular Hbond substituents is 1. The molecule has 1 aromatic carbocycles. The summed E-state index contributed by atoms with van der Waals surface area (Å²) in [5.41, 5.74) is 6.88. The SMILES string of the molecule is CN(C)CC1=CC=C(c2ccc(O)c3c2C[C@@H](C[C@@H](CCO)[C@](O)(CO)C(=O)CC(N)=O)CC3=O)CC=CC=CC1. The van der Waals surface area contributed by atoms with Crippen LogP contribution in [0.4, 0.5) is 0 Å². The Morgan fingerprint density at radius 3 is 2.44 bits per heavy atom. The summed E-state index contributed by atoms with van der Waals surface area (Å²) in [6.07, 6.45) is 13.5. The van der Waals surface area contributed by atoms with E-state index in [9.17, 15) is 34.8 Å². The number of amides is 1. The van der Waals surface area contributed by atoms with Gasteiger partial charge in [0.05, 0.1) is 18.6 Å². The maximum Gasteiger partial charge on any atom is 0.224 e. The Hall–Kier alpha value is -3.37. The molecule has 0 heterocycles. The predicted molar refractivity (Wildman–Crippen MR) is 157 cm³/mol. The smallest absolute Gasteiger partial charge is 0.224 e. The van der Waals surface area contributed by atoms with Gasteiger partial charge in [0.2, 0.25) is 5.91 Å². The molecular weight excluding hydrogens is 524 g/mol. The largest absolute Gasteiger partial charge is 0.507 e. The molecule has 41 heavy (non-hydrogen) atoms. The van der Waals surface area contributed by atoms with Crippen molar-refractivity contribution >= 4 is 23.0 Å². The van der Waals surface area contributed by atoms with Gasteiger partial charge in [-0.1, -0.05) is 48.1 Å². The lowest BCUT2D eigenvalue weighted by atomic mass is 9.70. The van der Waals surface area contributed by atoms with E-state index in [0.717, 1.165) is 24.1 Å². The Kier molecular flexibility index (Phi) is 11.4. The average Bonchev–Trinajstić information content (AvgIpc) is 2.91. The van der Waals surface area contributed by atoms with Gasteiger partial charge in [0.1, 0.15) is 11.4 Å². The van der Waals surface area contributed by atoms with Crippen LogP contribution in [0.25, 0.3) is 5.57 Å². The second-order valence-electron chi connectivity index (χ2n) is 11.3. The summed E-state index contributed by atoms with van der Waals surface area (Å²) in [5, 5.41) is 41.5. The van der Waals surface area contributed by atoms with Crippen molar-refractivity contribution in [3.05, 3.63) is 70.9 Å². The van der Waals surface area contributed by atoms with Gasteiger partial charge in [-0.25, -0.2) is 0 Å². The van der Waals surface area contributed by atoms with Crippen LogP contribution >= 0.6 is 0 Å². The lowest BCUT2D eigenvalue weighted by Crippen LogP contribution is -2.51. The molecule has 0 fully saturated rings. The van der Waals surface area contributed by atoms with E-state index in [1.807, 2.05) is 38.4 Å². The van der Waals surface area contributed by atoms with Gasteiger partial charge in [-0.15, -0.1) is 0 Å². The van der Waals surface area contributed by atoms with Crippen molar-refractivity contribution in [1.29, 1.82) is 0 Å². The van der Waals surface area contributed by atoms with Gasteiger partial charge in [0.15, 0.2) is 11.6 Å². The van der Waals surface area contributed by atoms with E-state index < -0.39 is 36.2 Å². The Balaban J connectivity index is 2.01. The monoisotopic (exact) mass is 566 g/mol. The summed E-state index contributed by atoms with van der Waals surface area (Å²) < 4.78 is 0. The zero-order valence-electron chi connectivity index (χ0n) is 23.9. The highest BCUT2D eigenvalue weighted by Gasteiger charge is 2.45. The zero-order valence-corrected chi connectivity index (χ0v) is 23.9. The van der Waals surface area contributed by atoms with Crippen molar-refractivity contribution in [2.45, 2.75) is 50.5 Å². The molecule has 1 aromatic rings. The van der Waals surface area contributed by atoms with Crippen LogP contribution in [0.15, 0.2) is 54.2 Å². The minimum Gasteiger partial charge on any atom is -0.507 e. The van der Waals surface area contributed by atoms with Crippen molar-refractivity contribution in [1.82, 2.24) is 4.90 Å². The van der Waals surface area contributed by atoms with E-state index in [-0.39, 0.29) is 48.9 Å². The third-order valence-electron chi connectivity index (χ3n) is 7.85. The maximum absolute atomic E-state index is 13.4. The van der Waals surface area contributed by atoms with Gasteiger partial charge in [-0.2, -0.15) is 0 Å². The number of benzene rings is 1. The molecule has 0 aromatic heterocycles. The van der Waals surface area contributed by atoms with Crippen LogP contribution in [-0.2, 0) is 16.0 Å². The molecule has 222 valence electrons. The summed E-state index contributed by atoms with van der Waals surface area (Å²) in [6, 6.07) is 3.36. The summed E-state index contributed by atoms with van der Waals surface area (Å²) in [7, 11) is 4.03. The number of phenols is 1. The Morgan fingerprint density at radius 2 is 1.80 bits per heavy atom. The van der Waals surface area contributed by atoms with Crippen LogP contribution in [0.5, 0.6) is 5.75 Å². The summed E-state index contributed by atoms with van der Waals surface area (Å²) >= 11 is 0. The van der Waals surface area contributed by atoms with Crippen LogP contribution in [0.1, 0.15) is 60.0 Å². The number of primary amides is 1. The van der Waals surface area contributed by atoms with Crippen molar-refractivity contribution in [2.75, 3.05) is 33.9 Å². The van der Waals surface area contributed by atoms with Crippen LogP contribution in [-0.4, -0.2) is 82.3 Å². The summed E-state index contributed by atoms with van der Waals surface area (Å²) in [6.45, 7) is -0.516. The number of hydrogen-bond acceptors (Lipinski definition) is 8. The van der Waals surface area contributed by atoms with E-state index in [2.05, 4.69) is 23.1 Å². The first-order valence-electron chi connectivity index (χ1n) is 14.0. The van der Waals surface area contributed by atoms with E-state index in [0.29, 0.717) is 18.4 Å². The van der Waals surface area contributed by atoms with E-state index in [1.165, 1.54) is 5.57 Å². The second kappa shape index (κ2) is 14.5. The number of aliphatic hydroxyl groups excluding tert-OH is 2. The molecule has 1 amide bonds. The van der Waals surface area contributed by atoms with Crippen LogP contribution < -0.4 is 5.73 Å². The van der Waals surface area contributed by atoms with Gasteiger partial charge in [-0.3, -0.25) is 14.4 Å². The highest BCUT2D eigenvalue weighted by atomic mass is 16.3. The number of Topliss-reactive ketones (excluding diaryl/α,β-unsaturated/α-hetero) is 2. The van der Waals surface area contributed by atoms with Crippen molar-refractivity contribution in [3.8, 4) is 5.75 Å². The molecule has 0 saturated carbocycles. The molecule has 0 spiro atoms. The number of allylic oxidation sites excluding steroid dienone is 7. The number of nitrogens with two attached hydrogens (primary N) is 1. The molecule has 0 radical (unpaired) electrons. The predicted octanol–water partition coefficient (Wildman–Crippen LogP) is 2.47. The normalized spacial score (nSPS) is 19.7. The molecule has 3 atom stereocenters. The maximum atomic E-state index is 13.4. The van der Waals surface area contributed by atoms with E-state index in [4.69, 9.17) is 5.73 Å². The third-order valence-corrected chi connectivity index (χ3v) is 7.85. The number of rotatable bonds is 12. The Morgan fingerprint density at radius 1 is 1.10 bits per heavy atom. The fraction of sp³-hybridized carbons (Fsp3) is 0.469. The fourth-order valence-electron chi connectivity index (χ4n) is 5.87. The summed E-state index contributed by atoms with van der Waals surface area (Å²) in [5.74, 6) is -3.45. The fourth-order valence-corrected chi connectivity index (χ4v) is 5.87. The molecule has 6 N–H and O–H groups in total. The number of nitrogens with zero attached hydrogens (tertiary/aromatic N) is 1. The van der Waals surface area contributed by atoms with E-state index in [1.54, 1.807) is 6.07 Å². The van der Waals surface area contributed by atoms with Crippen molar-refractivity contribution < 1.29 is 34.8 Å². The Bertz CT molecular complexity index is 1260. The van der Waals surface area contributed by atoms with Gasteiger partial charge in [-0.05, 0) is 80.8 Å². The number of carbonyl (C=O) groups is 3. The second-order valence-corrected chi connectivity index (χ2v) is 11.3. The first kappa shape index (κ1) is 32.1. The first-order valence-corrected chi connectivity index (χ1v) is 14.0. The minimum atomic E-state index is -2.28. The molecule has 0 bridgehead atoms. The quantitative estimate of drug-likeness (QED) is 0.241. The van der Waals surface area contributed by atoms with Crippen molar-refractivity contribution in [2.24, 2.45) is 17.6 Å². The number of fused-ring (bicyclic) bond motifs is 1. The number of aliphatic hydroxyl groups is 3. The summed E-state index contributed by atoms with van der Waals surface area (Å²) in [4.78, 5) is 39.6. The van der Waals surface area contributed by atoms with Gasteiger partial charge >= 0.3 is 0 Å². The lowest BCUT2D eigenvalue weighted by molar-refractivity contribution is -0.153. The van der Waals surface area contributed by atoms with Crippen LogP contribution in [0, 0.1) is 11.8 Å². The molecular formula is C32H42N2O7. The number of likely N-dealkylation sites (N-methyl/N-ethyl adjacent to an activating group) is 1. The van der Waals surface area contributed by atoms with Crippen LogP contribution in [0.3, 0.4) is 0 Å². The zero-order chi connectivity index (χ0) is 30.2. The molecule has 9 heteroatoms. The minimum absolute atomic E-state index is 0.0189. The van der Waals surface area contributed by atoms with Gasteiger partial charge < -0.3 is 31.1 Å². The van der Waals surface area contributed by atoms with Crippen molar-refractivity contribution in [3.63, 3.8) is 0 Å². The highest BCUT2D eigenvalue weighted by molar-refractivity contribution is 6.03. The Labute approximate surface area is 241 Å². The third kappa shape index (κ3) is 8.10.